The zero-order valence-corrected chi connectivity index (χ0v) is 13.5. The Morgan fingerprint density at radius 2 is 2.13 bits per heavy atom. The third-order valence-corrected chi connectivity index (χ3v) is 4.95. The van der Waals surface area contributed by atoms with Crippen LogP contribution in [-0.2, 0) is 28.0 Å². The minimum absolute atomic E-state index is 0.0609. The van der Waals surface area contributed by atoms with Crippen LogP contribution in [0.1, 0.15) is 12.8 Å². The van der Waals surface area contributed by atoms with Crippen molar-refractivity contribution in [2.24, 2.45) is 0 Å². The number of nitrogens with one attached hydrogen (secondary N) is 1. The van der Waals surface area contributed by atoms with Crippen LogP contribution < -0.4 is 4.72 Å². The normalized spacial score (nSPS) is 16.7. The fraction of sp³-hybridized carbons (Fsp3) is 0.583. The van der Waals surface area contributed by atoms with Gasteiger partial charge in [-0.15, -0.1) is 0 Å². The van der Waals surface area contributed by atoms with Crippen molar-refractivity contribution in [1.29, 1.82) is 0 Å². The number of aryl methyl sites for hydroxylation is 1. The van der Waals surface area contributed by atoms with Gasteiger partial charge in [-0.2, -0.15) is 27.5 Å². The number of hydrogen-bond acceptors (Lipinski definition) is 7. The summed E-state index contributed by atoms with van der Waals surface area (Å²) in [5, 5.41) is 7.97. The van der Waals surface area contributed by atoms with Crippen LogP contribution in [0.25, 0.3) is 11.4 Å². The van der Waals surface area contributed by atoms with Gasteiger partial charge in [0.1, 0.15) is 0 Å². The van der Waals surface area contributed by atoms with Crippen molar-refractivity contribution in [1.82, 2.24) is 28.9 Å². The summed E-state index contributed by atoms with van der Waals surface area (Å²) < 4.78 is 40.0. The fourth-order valence-electron chi connectivity index (χ4n) is 2.13. The predicted molar refractivity (Wildman–Crippen MR) is 79.3 cm³/mol. The second kappa shape index (κ2) is 6.74. The maximum absolute atomic E-state index is 12.1. The second-order valence-corrected chi connectivity index (χ2v) is 6.69. The molecule has 0 radical (unpaired) electrons. The lowest BCUT2D eigenvalue weighted by molar-refractivity contribution is 0.0724. The van der Waals surface area contributed by atoms with Gasteiger partial charge in [-0.05, 0) is 6.92 Å². The molecule has 0 amide bonds. The molecule has 1 N–H and O–H groups in total. The summed E-state index contributed by atoms with van der Waals surface area (Å²) in [4.78, 5) is 4.18. The van der Waals surface area contributed by atoms with Gasteiger partial charge in [0.15, 0.2) is 0 Å². The molecule has 23 heavy (non-hydrogen) atoms. The first-order chi connectivity index (χ1) is 11.1. The highest BCUT2D eigenvalue weighted by molar-refractivity contribution is 7.87. The Morgan fingerprint density at radius 1 is 1.35 bits per heavy atom. The molecule has 0 saturated carbocycles. The van der Waals surface area contributed by atoms with Gasteiger partial charge in [0.2, 0.25) is 11.7 Å². The first-order valence-electron chi connectivity index (χ1n) is 7.26. The summed E-state index contributed by atoms with van der Waals surface area (Å²) in [6.07, 6.45) is 3.43. The summed E-state index contributed by atoms with van der Waals surface area (Å²) >= 11 is 0. The van der Waals surface area contributed by atoms with E-state index in [9.17, 15) is 8.42 Å². The Kier molecular flexibility index (Phi) is 4.71. The van der Waals surface area contributed by atoms with Gasteiger partial charge < -0.3 is 9.26 Å². The average molecular weight is 342 g/mol. The molecule has 1 aliphatic heterocycles. The molecule has 3 heterocycles. The van der Waals surface area contributed by atoms with Gasteiger partial charge >= 0.3 is 0 Å². The van der Waals surface area contributed by atoms with Gasteiger partial charge in [0, 0.05) is 25.8 Å². The number of hydrogen-bond donors (Lipinski definition) is 1. The van der Waals surface area contributed by atoms with Crippen molar-refractivity contribution in [3.05, 3.63) is 18.3 Å². The topological polar surface area (TPSA) is 115 Å². The molecule has 0 bridgehead atoms. The average Bonchev–Trinajstić information content (AvgIpc) is 3.23. The van der Waals surface area contributed by atoms with Crippen LogP contribution in [0, 0.1) is 0 Å². The molecule has 1 fully saturated rings. The molecule has 2 aromatic rings. The first kappa shape index (κ1) is 16.1. The van der Waals surface area contributed by atoms with E-state index in [4.69, 9.17) is 9.26 Å². The number of aromatic nitrogens is 4. The SMILES string of the molecule is CCn1cc(-c2noc(CNS(=O)(=O)N3CCOCC3)n2)cn1. The third kappa shape index (κ3) is 3.75. The minimum Gasteiger partial charge on any atom is -0.379 e. The maximum Gasteiger partial charge on any atom is 0.280 e. The largest absolute Gasteiger partial charge is 0.379 e. The summed E-state index contributed by atoms with van der Waals surface area (Å²) in [6.45, 7) is 4.11. The molecule has 3 rings (SSSR count). The van der Waals surface area contributed by atoms with Gasteiger partial charge in [-0.1, -0.05) is 5.16 Å². The quantitative estimate of drug-likeness (QED) is 0.761. The lowest BCUT2D eigenvalue weighted by Gasteiger charge is -2.25. The summed E-state index contributed by atoms with van der Waals surface area (Å²) in [5.41, 5.74) is 0.720. The van der Waals surface area contributed by atoms with Gasteiger partial charge in [-0.25, -0.2) is 0 Å². The molecule has 0 aromatic carbocycles. The molecular formula is C12H18N6O4S. The molecule has 2 aromatic heterocycles. The predicted octanol–water partition coefficient (Wildman–Crippen LogP) is -0.380. The first-order valence-corrected chi connectivity index (χ1v) is 8.70. The minimum atomic E-state index is -3.58. The highest BCUT2D eigenvalue weighted by Crippen LogP contribution is 2.14. The van der Waals surface area contributed by atoms with Gasteiger partial charge in [0.25, 0.3) is 10.2 Å². The summed E-state index contributed by atoms with van der Waals surface area (Å²) in [7, 11) is -3.58. The van der Waals surface area contributed by atoms with Crippen LogP contribution in [0.2, 0.25) is 0 Å². The third-order valence-electron chi connectivity index (χ3n) is 3.40. The smallest absolute Gasteiger partial charge is 0.280 e. The highest BCUT2D eigenvalue weighted by Gasteiger charge is 2.24. The molecular weight excluding hydrogens is 324 g/mol. The van der Waals surface area contributed by atoms with Gasteiger partial charge in [-0.3, -0.25) is 4.68 Å². The Bertz CT molecular complexity index is 749. The van der Waals surface area contributed by atoms with E-state index >= 15 is 0 Å². The van der Waals surface area contributed by atoms with Crippen molar-refractivity contribution in [2.45, 2.75) is 20.0 Å². The Morgan fingerprint density at radius 3 is 2.83 bits per heavy atom. The molecule has 1 aliphatic rings. The van der Waals surface area contributed by atoms with E-state index in [-0.39, 0.29) is 12.4 Å². The van der Waals surface area contributed by atoms with Crippen LogP contribution in [-0.4, -0.2) is 58.9 Å². The summed E-state index contributed by atoms with van der Waals surface area (Å²) in [6, 6.07) is 0. The zero-order chi connectivity index (χ0) is 16.3. The van der Waals surface area contributed by atoms with Crippen LogP contribution in [0.5, 0.6) is 0 Å². The fourth-order valence-corrected chi connectivity index (χ4v) is 3.25. The van der Waals surface area contributed by atoms with Crippen LogP contribution in [0.15, 0.2) is 16.9 Å². The molecule has 1 saturated heterocycles. The Balaban J connectivity index is 1.62. The van der Waals surface area contributed by atoms with E-state index < -0.39 is 10.2 Å². The second-order valence-electron chi connectivity index (χ2n) is 4.93. The van der Waals surface area contributed by atoms with Crippen LogP contribution in [0.3, 0.4) is 0 Å². The van der Waals surface area contributed by atoms with Gasteiger partial charge in [0.05, 0.1) is 31.5 Å². The van der Waals surface area contributed by atoms with E-state index in [1.807, 2.05) is 6.92 Å². The van der Waals surface area contributed by atoms with Crippen molar-refractivity contribution in [3.63, 3.8) is 0 Å². The van der Waals surface area contributed by atoms with E-state index in [1.54, 1.807) is 17.1 Å². The lowest BCUT2D eigenvalue weighted by atomic mass is 10.3. The Hall–Kier alpha value is -1.82. The molecule has 0 atom stereocenters. The maximum atomic E-state index is 12.1. The van der Waals surface area contributed by atoms with Crippen molar-refractivity contribution >= 4 is 10.2 Å². The lowest BCUT2D eigenvalue weighted by Crippen LogP contribution is -2.46. The highest BCUT2D eigenvalue weighted by atomic mass is 32.2. The van der Waals surface area contributed by atoms with E-state index in [1.165, 1.54) is 4.31 Å². The van der Waals surface area contributed by atoms with E-state index in [0.29, 0.717) is 32.1 Å². The number of nitrogens with zero attached hydrogens (tertiary/aromatic N) is 5. The monoisotopic (exact) mass is 342 g/mol. The standard InChI is InChI=1S/C12H18N6O4S/c1-2-17-9-10(7-13-17)12-15-11(22-16-12)8-14-23(19,20)18-3-5-21-6-4-18/h7,9,14H,2-6,8H2,1H3. The zero-order valence-electron chi connectivity index (χ0n) is 12.7. The number of rotatable bonds is 6. The van der Waals surface area contributed by atoms with Crippen molar-refractivity contribution < 1.29 is 17.7 Å². The molecule has 0 aliphatic carbocycles. The molecule has 0 spiro atoms. The van der Waals surface area contributed by atoms with E-state index in [0.717, 1.165) is 12.1 Å². The molecule has 11 heteroatoms. The molecule has 126 valence electrons. The van der Waals surface area contributed by atoms with E-state index in [2.05, 4.69) is 20.0 Å². The Labute approximate surface area is 133 Å². The molecule has 0 unspecified atom stereocenters. The van der Waals surface area contributed by atoms with Crippen molar-refractivity contribution in [3.8, 4) is 11.4 Å². The van der Waals surface area contributed by atoms with Crippen LogP contribution >= 0.6 is 0 Å². The summed E-state index contributed by atoms with van der Waals surface area (Å²) in [5.74, 6) is 0.575. The van der Waals surface area contributed by atoms with Crippen LogP contribution in [0.4, 0.5) is 0 Å². The molecule has 10 nitrogen and oxygen atoms in total. The van der Waals surface area contributed by atoms with Crippen molar-refractivity contribution in [2.75, 3.05) is 26.3 Å². The number of ether oxygens (including phenoxy) is 1. The number of morpholine rings is 1.